The Bertz CT molecular complexity index is 700. The van der Waals surface area contributed by atoms with Crippen molar-refractivity contribution in [2.45, 2.75) is 18.6 Å². The van der Waals surface area contributed by atoms with Crippen molar-refractivity contribution >= 4 is 17.6 Å². The SMILES string of the molecule is NC(Cc1cccn1-c1ncc(C(F)(F)F)cc1Cl)C(=O)O. The average molecular weight is 334 g/mol. The average Bonchev–Trinajstić information content (AvgIpc) is 2.85. The van der Waals surface area contributed by atoms with Crippen molar-refractivity contribution in [2.24, 2.45) is 5.73 Å². The summed E-state index contributed by atoms with van der Waals surface area (Å²) in [6.07, 6.45) is -2.37. The first-order valence-corrected chi connectivity index (χ1v) is 6.45. The van der Waals surface area contributed by atoms with Crippen molar-refractivity contribution in [1.82, 2.24) is 9.55 Å². The minimum absolute atomic E-state index is 0.0125. The number of halogens is 4. The van der Waals surface area contributed by atoms with E-state index < -0.39 is 23.8 Å². The standard InChI is InChI=1S/C13H11ClF3N3O2/c14-9-4-7(13(15,16)17)6-19-11(9)20-3-1-2-8(20)5-10(18)12(21)22/h1-4,6,10H,5,18H2,(H,21,22). The predicted molar refractivity (Wildman–Crippen MR) is 72.9 cm³/mol. The number of aromatic nitrogens is 2. The zero-order valence-corrected chi connectivity index (χ0v) is 11.8. The molecule has 0 radical (unpaired) electrons. The van der Waals surface area contributed by atoms with Crippen molar-refractivity contribution in [1.29, 1.82) is 0 Å². The molecule has 0 spiro atoms. The second-order valence-electron chi connectivity index (χ2n) is 4.55. The molecule has 0 fully saturated rings. The van der Waals surface area contributed by atoms with E-state index in [4.69, 9.17) is 22.4 Å². The zero-order chi connectivity index (χ0) is 16.5. The zero-order valence-electron chi connectivity index (χ0n) is 11.0. The fourth-order valence-electron chi connectivity index (χ4n) is 1.86. The van der Waals surface area contributed by atoms with E-state index in [2.05, 4.69) is 4.98 Å². The van der Waals surface area contributed by atoms with Crippen LogP contribution in [0.4, 0.5) is 13.2 Å². The van der Waals surface area contributed by atoms with Crippen LogP contribution in [0.25, 0.3) is 5.82 Å². The van der Waals surface area contributed by atoms with Crippen molar-refractivity contribution in [3.05, 3.63) is 46.9 Å². The molecule has 2 aromatic heterocycles. The molecule has 0 aliphatic heterocycles. The molecular weight excluding hydrogens is 323 g/mol. The van der Waals surface area contributed by atoms with Crippen LogP contribution in [-0.4, -0.2) is 26.7 Å². The van der Waals surface area contributed by atoms with Crippen LogP contribution >= 0.6 is 11.6 Å². The Hall–Kier alpha value is -2.06. The van der Waals surface area contributed by atoms with Gasteiger partial charge in [0.05, 0.1) is 10.6 Å². The first-order valence-electron chi connectivity index (χ1n) is 6.08. The molecule has 0 saturated heterocycles. The molecule has 5 nitrogen and oxygen atoms in total. The molecule has 0 aliphatic rings. The van der Waals surface area contributed by atoms with Crippen LogP contribution in [0.1, 0.15) is 11.3 Å². The summed E-state index contributed by atoms with van der Waals surface area (Å²) in [5.74, 6) is -1.11. The van der Waals surface area contributed by atoms with Crippen molar-refractivity contribution < 1.29 is 23.1 Å². The summed E-state index contributed by atoms with van der Waals surface area (Å²) in [6, 6.07) is 2.82. The van der Waals surface area contributed by atoms with Crippen molar-refractivity contribution in [3.8, 4) is 5.82 Å². The first-order chi connectivity index (χ1) is 10.2. The maximum atomic E-state index is 12.6. The molecule has 22 heavy (non-hydrogen) atoms. The van der Waals surface area contributed by atoms with Crippen LogP contribution in [0, 0.1) is 0 Å². The molecule has 2 rings (SSSR count). The molecule has 9 heteroatoms. The number of carboxylic acids is 1. The third-order valence-corrected chi connectivity index (χ3v) is 3.23. The Morgan fingerprint density at radius 2 is 2.18 bits per heavy atom. The number of carbonyl (C=O) groups is 1. The van der Waals surface area contributed by atoms with E-state index in [1.807, 2.05) is 0 Å². The maximum absolute atomic E-state index is 12.6. The van der Waals surface area contributed by atoms with Gasteiger partial charge in [-0.05, 0) is 18.2 Å². The number of carboxylic acid groups (broad SMARTS) is 1. The molecule has 0 saturated carbocycles. The third kappa shape index (κ3) is 3.40. The van der Waals surface area contributed by atoms with Crippen molar-refractivity contribution in [3.63, 3.8) is 0 Å². The normalized spacial score (nSPS) is 13.1. The minimum atomic E-state index is -4.54. The smallest absolute Gasteiger partial charge is 0.417 e. The Morgan fingerprint density at radius 1 is 1.50 bits per heavy atom. The minimum Gasteiger partial charge on any atom is -0.480 e. The fourth-order valence-corrected chi connectivity index (χ4v) is 2.12. The van der Waals surface area contributed by atoms with Crippen LogP contribution in [0.5, 0.6) is 0 Å². The highest BCUT2D eigenvalue weighted by molar-refractivity contribution is 6.32. The number of nitrogens with zero attached hydrogens (tertiary/aromatic N) is 2. The van der Waals surface area contributed by atoms with E-state index in [-0.39, 0.29) is 17.3 Å². The molecule has 2 heterocycles. The van der Waals surface area contributed by atoms with Crippen LogP contribution in [0.3, 0.4) is 0 Å². The Morgan fingerprint density at radius 3 is 2.73 bits per heavy atom. The number of nitrogens with two attached hydrogens (primary N) is 1. The number of pyridine rings is 1. The van der Waals surface area contributed by atoms with Gasteiger partial charge in [0.1, 0.15) is 6.04 Å². The van der Waals surface area contributed by atoms with Gasteiger partial charge in [-0.3, -0.25) is 4.79 Å². The van der Waals surface area contributed by atoms with Gasteiger partial charge in [-0.15, -0.1) is 0 Å². The molecule has 1 unspecified atom stereocenters. The van der Waals surface area contributed by atoms with Crippen LogP contribution < -0.4 is 5.73 Å². The van der Waals surface area contributed by atoms with E-state index in [1.54, 1.807) is 12.1 Å². The van der Waals surface area contributed by atoms with Gasteiger partial charge in [-0.25, -0.2) is 4.98 Å². The summed E-state index contributed by atoms with van der Waals surface area (Å²) in [4.78, 5) is 14.5. The molecule has 0 bridgehead atoms. The summed E-state index contributed by atoms with van der Waals surface area (Å²) < 4.78 is 39.2. The van der Waals surface area contributed by atoms with Gasteiger partial charge < -0.3 is 15.4 Å². The Balaban J connectivity index is 2.38. The lowest BCUT2D eigenvalue weighted by atomic mass is 10.1. The largest absolute Gasteiger partial charge is 0.480 e. The molecule has 0 aliphatic carbocycles. The summed E-state index contributed by atoms with van der Waals surface area (Å²) in [7, 11) is 0. The molecule has 118 valence electrons. The summed E-state index contributed by atoms with van der Waals surface area (Å²) >= 11 is 5.87. The van der Waals surface area contributed by atoms with Crippen LogP contribution in [0.15, 0.2) is 30.6 Å². The molecule has 0 aromatic carbocycles. The number of alkyl halides is 3. The van der Waals surface area contributed by atoms with Crippen LogP contribution in [-0.2, 0) is 17.4 Å². The number of hydrogen-bond donors (Lipinski definition) is 2. The van der Waals surface area contributed by atoms with E-state index >= 15 is 0 Å². The van der Waals surface area contributed by atoms with E-state index in [1.165, 1.54) is 10.8 Å². The monoisotopic (exact) mass is 333 g/mol. The molecule has 2 aromatic rings. The Labute approximate surface area is 128 Å². The van der Waals surface area contributed by atoms with Gasteiger partial charge in [-0.1, -0.05) is 11.6 Å². The van der Waals surface area contributed by atoms with Gasteiger partial charge in [-0.2, -0.15) is 13.2 Å². The highest BCUT2D eigenvalue weighted by Gasteiger charge is 2.31. The number of rotatable bonds is 4. The second kappa shape index (κ2) is 5.98. The lowest BCUT2D eigenvalue weighted by molar-refractivity contribution is -0.139. The summed E-state index contributed by atoms with van der Waals surface area (Å²) in [5, 5.41) is 8.62. The highest BCUT2D eigenvalue weighted by atomic mass is 35.5. The Kier molecular flexibility index (Phi) is 4.43. The second-order valence-corrected chi connectivity index (χ2v) is 4.95. The molecule has 0 amide bonds. The predicted octanol–water partition coefficient (Wildman–Crippen LogP) is 2.50. The number of aliphatic carboxylic acids is 1. The van der Waals surface area contributed by atoms with Gasteiger partial charge >= 0.3 is 12.1 Å². The van der Waals surface area contributed by atoms with E-state index in [0.29, 0.717) is 11.9 Å². The topological polar surface area (TPSA) is 81.1 Å². The number of hydrogen-bond acceptors (Lipinski definition) is 3. The van der Waals surface area contributed by atoms with E-state index in [0.717, 1.165) is 6.07 Å². The lowest BCUT2D eigenvalue weighted by Gasteiger charge is -2.13. The molecule has 3 N–H and O–H groups in total. The maximum Gasteiger partial charge on any atom is 0.417 e. The molecule has 1 atom stereocenters. The highest BCUT2D eigenvalue weighted by Crippen LogP contribution is 2.32. The van der Waals surface area contributed by atoms with Gasteiger partial charge in [0, 0.05) is 24.5 Å². The lowest BCUT2D eigenvalue weighted by Crippen LogP contribution is -2.33. The quantitative estimate of drug-likeness (QED) is 0.900. The van der Waals surface area contributed by atoms with E-state index in [9.17, 15) is 18.0 Å². The van der Waals surface area contributed by atoms with Gasteiger partial charge in [0.15, 0.2) is 5.82 Å². The molecular formula is C13H11ClF3N3O2. The first kappa shape index (κ1) is 16.3. The third-order valence-electron chi connectivity index (χ3n) is 2.96. The fraction of sp³-hybridized carbons (Fsp3) is 0.231. The summed E-state index contributed by atoms with van der Waals surface area (Å²) in [6.45, 7) is 0. The van der Waals surface area contributed by atoms with Gasteiger partial charge in [0.25, 0.3) is 0 Å². The van der Waals surface area contributed by atoms with Crippen molar-refractivity contribution in [2.75, 3.05) is 0 Å². The van der Waals surface area contributed by atoms with Gasteiger partial charge in [0.2, 0.25) is 0 Å². The van der Waals surface area contributed by atoms with Crippen LogP contribution in [0.2, 0.25) is 5.02 Å². The summed E-state index contributed by atoms with van der Waals surface area (Å²) in [5.41, 5.74) is 4.97.